The van der Waals surface area contributed by atoms with Crippen LogP contribution in [0.3, 0.4) is 0 Å². The van der Waals surface area contributed by atoms with Crippen LogP contribution in [-0.2, 0) is 24.9 Å². The van der Waals surface area contributed by atoms with Crippen LogP contribution in [0.1, 0.15) is 33.4 Å². The Morgan fingerprint density at radius 3 is 1.20 bits per heavy atom. The van der Waals surface area contributed by atoms with Gasteiger partial charge in [0.1, 0.15) is 11.5 Å². The van der Waals surface area contributed by atoms with Crippen LogP contribution in [0.5, 0.6) is 11.5 Å². The molecular formula is C39H28N2O2Zn. The fourth-order valence-corrected chi connectivity index (χ4v) is 6.10. The number of aliphatic imine (C=N–C) groups is 2. The third-order valence-corrected chi connectivity index (χ3v) is 8.13. The summed E-state index contributed by atoms with van der Waals surface area (Å²) in [5.74, 6) is 0.406. The molecule has 0 unspecified atom stereocenters. The van der Waals surface area contributed by atoms with E-state index in [1.165, 1.54) is 22.3 Å². The van der Waals surface area contributed by atoms with E-state index in [1.54, 1.807) is 36.7 Å². The van der Waals surface area contributed by atoms with Crippen molar-refractivity contribution < 1.29 is 29.7 Å². The van der Waals surface area contributed by atoms with Crippen LogP contribution in [0, 0.1) is 0 Å². The van der Waals surface area contributed by atoms with Crippen molar-refractivity contribution in [1.29, 1.82) is 0 Å². The van der Waals surface area contributed by atoms with Crippen molar-refractivity contribution in [3.05, 3.63) is 179 Å². The van der Waals surface area contributed by atoms with Gasteiger partial charge in [-0.3, -0.25) is 9.98 Å². The molecule has 0 heterocycles. The Morgan fingerprint density at radius 1 is 0.432 bits per heavy atom. The number of phenols is 2. The van der Waals surface area contributed by atoms with E-state index in [0.717, 1.165) is 22.5 Å². The Bertz CT molecular complexity index is 1850. The van der Waals surface area contributed by atoms with Crippen LogP contribution in [0.15, 0.2) is 156 Å². The summed E-state index contributed by atoms with van der Waals surface area (Å²) in [6.07, 6.45) is 3.38. The molecule has 0 aliphatic heterocycles. The van der Waals surface area contributed by atoms with Crippen LogP contribution in [0.25, 0.3) is 11.1 Å². The molecule has 5 heteroatoms. The minimum Gasteiger partial charge on any atom is -0.507 e. The van der Waals surface area contributed by atoms with Gasteiger partial charge in [0.25, 0.3) is 0 Å². The number of para-hydroxylation sites is 2. The fraction of sp³-hybridized carbons (Fsp3) is 0.0256. The van der Waals surface area contributed by atoms with E-state index >= 15 is 0 Å². The van der Waals surface area contributed by atoms with Gasteiger partial charge in [-0.25, -0.2) is 0 Å². The second kappa shape index (κ2) is 12.2. The smallest absolute Gasteiger partial charge is 0.124 e. The SMILES string of the molecule is Oc1ccccc1C=Nc1ccc(C2(c3ccc(N=Cc4ccccc4O)cc3)c3ccccc3-c3ccccc32)cc1.[Zn]. The van der Waals surface area contributed by atoms with E-state index in [2.05, 4.69) is 82.8 Å². The first-order valence-electron chi connectivity index (χ1n) is 14.2. The van der Waals surface area contributed by atoms with E-state index in [9.17, 15) is 10.2 Å². The number of phenolic OH excluding ortho intramolecular Hbond substituents is 2. The number of rotatable bonds is 6. The summed E-state index contributed by atoms with van der Waals surface area (Å²) in [7, 11) is 0. The van der Waals surface area contributed by atoms with Crippen LogP contribution in [0.4, 0.5) is 11.4 Å². The molecule has 6 aromatic rings. The van der Waals surface area contributed by atoms with Crippen molar-refractivity contribution in [2.45, 2.75) is 5.41 Å². The molecule has 0 fully saturated rings. The first kappa shape index (κ1) is 29.0. The zero-order valence-electron chi connectivity index (χ0n) is 24.0. The summed E-state index contributed by atoms with van der Waals surface area (Å²) in [5, 5.41) is 20.3. The fourth-order valence-electron chi connectivity index (χ4n) is 6.10. The molecule has 0 spiro atoms. The quantitative estimate of drug-likeness (QED) is 0.144. The standard InChI is InChI=1S/C39H28N2O2.Zn/c42-37-15-7-1-9-27(37)25-40-31-21-17-29(18-22-31)39(35-13-5-3-11-33(35)34-12-4-6-14-36(34)39)30-19-23-32(24-20-30)41-26-28-10-2-8-16-38(28)43;/h1-26,42-43H;. The number of hydrogen-bond acceptors (Lipinski definition) is 4. The number of fused-ring (bicyclic) bond motifs is 3. The van der Waals surface area contributed by atoms with Gasteiger partial charge in [-0.2, -0.15) is 0 Å². The molecule has 44 heavy (non-hydrogen) atoms. The Balaban J connectivity index is 0.00000343. The Morgan fingerprint density at radius 2 is 0.795 bits per heavy atom. The summed E-state index contributed by atoms with van der Waals surface area (Å²) in [6.45, 7) is 0. The summed E-state index contributed by atoms with van der Waals surface area (Å²) in [5.41, 5.74) is 9.59. The summed E-state index contributed by atoms with van der Waals surface area (Å²) in [6, 6.07) is 48.3. The minimum absolute atomic E-state index is 0. The maximum absolute atomic E-state index is 10.1. The second-order valence-corrected chi connectivity index (χ2v) is 10.6. The molecule has 0 aromatic heterocycles. The van der Waals surface area contributed by atoms with Crippen molar-refractivity contribution in [2.75, 3.05) is 0 Å². The van der Waals surface area contributed by atoms with E-state index in [1.807, 2.05) is 48.5 Å². The van der Waals surface area contributed by atoms with Gasteiger partial charge in [0.05, 0.1) is 16.8 Å². The average Bonchev–Trinajstić information content (AvgIpc) is 3.36. The molecule has 0 bridgehead atoms. The van der Waals surface area contributed by atoms with Crippen molar-refractivity contribution in [3.63, 3.8) is 0 Å². The first-order chi connectivity index (χ1) is 21.1. The molecule has 7 rings (SSSR count). The van der Waals surface area contributed by atoms with Gasteiger partial charge in [-0.15, -0.1) is 0 Å². The Hall–Kier alpha value is -5.12. The van der Waals surface area contributed by atoms with Crippen LogP contribution in [-0.4, -0.2) is 22.6 Å². The van der Waals surface area contributed by atoms with E-state index in [0.29, 0.717) is 11.1 Å². The van der Waals surface area contributed by atoms with Crippen molar-refractivity contribution >= 4 is 23.8 Å². The zero-order valence-corrected chi connectivity index (χ0v) is 27.0. The van der Waals surface area contributed by atoms with Gasteiger partial charge < -0.3 is 10.2 Å². The molecule has 208 valence electrons. The average molecular weight is 622 g/mol. The van der Waals surface area contributed by atoms with Crippen molar-refractivity contribution in [1.82, 2.24) is 0 Å². The van der Waals surface area contributed by atoms with Crippen LogP contribution >= 0.6 is 0 Å². The molecule has 0 saturated heterocycles. The van der Waals surface area contributed by atoms with E-state index in [4.69, 9.17) is 0 Å². The maximum atomic E-state index is 10.1. The topological polar surface area (TPSA) is 65.2 Å². The Labute approximate surface area is 269 Å². The number of hydrogen-bond donors (Lipinski definition) is 2. The molecule has 2 N–H and O–H groups in total. The third-order valence-electron chi connectivity index (χ3n) is 8.13. The third kappa shape index (κ3) is 5.06. The van der Waals surface area contributed by atoms with Crippen molar-refractivity contribution in [3.8, 4) is 22.6 Å². The molecule has 0 amide bonds. The normalized spacial score (nSPS) is 13.0. The maximum Gasteiger partial charge on any atom is 0.124 e. The molecule has 1 aliphatic carbocycles. The predicted molar refractivity (Wildman–Crippen MR) is 174 cm³/mol. The van der Waals surface area contributed by atoms with E-state index < -0.39 is 5.41 Å². The number of nitrogens with zero attached hydrogens (tertiary/aromatic N) is 2. The molecule has 1 aliphatic rings. The summed E-state index contributed by atoms with van der Waals surface area (Å²) >= 11 is 0. The van der Waals surface area contributed by atoms with Gasteiger partial charge >= 0.3 is 0 Å². The summed E-state index contributed by atoms with van der Waals surface area (Å²) < 4.78 is 0. The summed E-state index contributed by atoms with van der Waals surface area (Å²) in [4.78, 5) is 9.27. The number of benzene rings is 6. The van der Waals surface area contributed by atoms with Gasteiger partial charge in [0.2, 0.25) is 0 Å². The molecule has 0 saturated carbocycles. The van der Waals surface area contributed by atoms with Gasteiger partial charge in [0, 0.05) is 43.0 Å². The molecule has 0 radical (unpaired) electrons. The molecule has 6 aromatic carbocycles. The largest absolute Gasteiger partial charge is 0.507 e. The monoisotopic (exact) mass is 620 g/mol. The zero-order chi connectivity index (χ0) is 29.2. The van der Waals surface area contributed by atoms with Gasteiger partial charge in [-0.05, 0) is 81.9 Å². The van der Waals surface area contributed by atoms with Gasteiger partial charge in [-0.1, -0.05) is 97.1 Å². The van der Waals surface area contributed by atoms with Gasteiger partial charge in [0.15, 0.2) is 0 Å². The molecular weight excluding hydrogens is 594 g/mol. The second-order valence-electron chi connectivity index (χ2n) is 10.6. The first-order valence-corrected chi connectivity index (χ1v) is 14.2. The van der Waals surface area contributed by atoms with Crippen LogP contribution < -0.4 is 0 Å². The van der Waals surface area contributed by atoms with Crippen LogP contribution in [0.2, 0.25) is 0 Å². The Kier molecular flexibility index (Phi) is 8.06. The van der Waals surface area contributed by atoms with E-state index in [-0.39, 0.29) is 31.0 Å². The molecule has 0 atom stereocenters. The number of aromatic hydroxyl groups is 2. The minimum atomic E-state index is -0.535. The van der Waals surface area contributed by atoms with Crippen molar-refractivity contribution in [2.24, 2.45) is 9.98 Å². The predicted octanol–water partition coefficient (Wildman–Crippen LogP) is 8.96. The molecule has 4 nitrogen and oxygen atoms in total.